The van der Waals surface area contributed by atoms with E-state index in [9.17, 15) is 4.79 Å². The zero-order chi connectivity index (χ0) is 24.5. The van der Waals surface area contributed by atoms with Crippen LogP contribution in [-0.2, 0) is 24.1 Å². The molecule has 1 aromatic heterocycles. The zero-order valence-corrected chi connectivity index (χ0v) is 21.7. The Morgan fingerprint density at radius 2 is 1.86 bits per heavy atom. The molecule has 186 valence electrons. The van der Waals surface area contributed by atoms with Crippen LogP contribution in [-0.4, -0.2) is 44.7 Å². The van der Waals surface area contributed by atoms with Crippen LogP contribution >= 0.6 is 11.3 Å². The second-order valence-corrected chi connectivity index (χ2v) is 10.2. The quantitative estimate of drug-likeness (QED) is 0.403. The molecule has 6 heteroatoms. The van der Waals surface area contributed by atoms with Gasteiger partial charge in [0, 0.05) is 37.4 Å². The monoisotopic (exact) mass is 491 g/mol. The fourth-order valence-electron chi connectivity index (χ4n) is 4.85. The number of rotatable bonds is 11. The van der Waals surface area contributed by atoms with Crippen molar-refractivity contribution in [3.8, 4) is 5.75 Å². The molecular weight excluding hydrogens is 454 g/mol. The Balaban J connectivity index is 1.17. The molecule has 1 aliphatic rings. The van der Waals surface area contributed by atoms with E-state index in [4.69, 9.17) is 4.74 Å². The van der Waals surface area contributed by atoms with Crippen molar-refractivity contribution >= 4 is 22.9 Å². The summed E-state index contributed by atoms with van der Waals surface area (Å²) >= 11 is 1.77. The smallest absolute Gasteiger partial charge is 0.224 e. The lowest BCUT2D eigenvalue weighted by Gasteiger charge is -2.35. The van der Waals surface area contributed by atoms with E-state index >= 15 is 0 Å². The highest BCUT2D eigenvalue weighted by molar-refractivity contribution is 7.07. The Labute approximate surface area is 213 Å². The summed E-state index contributed by atoms with van der Waals surface area (Å²) in [6.07, 6.45) is 4.57. The number of nitrogens with one attached hydrogen (secondary N) is 2. The number of carbonyl (C=O) groups is 1. The van der Waals surface area contributed by atoms with Crippen molar-refractivity contribution in [1.29, 1.82) is 0 Å². The van der Waals surface area contributed by atoms with Crippen LogP contribution in [0.1, 0.15) is 36.5 Å². The minimum Gasteiger partial charge on any atom is -0.496 e. The first-order valence-electron chi connectivity index (χ1n) is 12.6. The van der Waals surface area contributed by atoms with Crippen LogP contribution < -0.4 is 20.3 Å². The average Bonchev–Trinajstić information content (AvgIpc) is 3.38. The Morgan fingerprint density at radius 3 is 2.57 bits per heavy atom. The first kappa shape index (κ1) is 25.3. The van der Waals surface area contributed by atoms with Gasteiger partial charge in [0.2, 0.25) is 5.91 Å². The van der Waals surface area contributed by atoms with E-state index in [1.165, 1.54) is 11.3 Å². The molecule has 0 radical (unpaired) electrons. The van der Waals surface area contributed by atoms with Gasteiger partial charge < -0.3 is 20.3 Å². The predicted octanol–water partition coefficient (Wildman–Crippen LogP) is 4.85. The first-order chi connectivity index (χ1) is 17.1. The largest absolute Gasteiger partial charge is 0.496 e. The highest BCUT2D eigenvalue weighted by atomic mass is 32.1. The van der Waals surface area contributed by atoms with E-state index in [0.717, 1.165) is 55.6 Å². The van der Waals surface area contributed by atoms with E-state index < -0.39 is 0 Å². The Kier molecular flexibility index (Phi) is 9.21. The van der Waals surface area contributed by atoms with Gasteiger partial charge in [-0.25, -0.2) is 0 Å². The number of amides is 1. The van der Waals surface area contributed by atoms with Crippen molar-refractivity contribution < 1.29 is 9.53 Å². The van der Waals surface area contributed by atoms with Crippen LogP contribution in [0.2, 0.25) is 0 Å². The molecule has 0 aliphatic carbocycles. The molecule has 1 saturated heterocycles. The molecule has 4 rings (SSSR count). The van der Waals surface area contributed by atoms with Gasteiger partial charge in [-0.2, -0.15) is 11.3 Å². The molecule has 1 atom stereocenters. The fourth-order valence-corrected chi connectivity index (χ4v) is 5.53. The van der Waals surface area contributed by atoms with Gasteiger partial charge in [0.25, 0.3) is 0 Å². The summed E-state index contributed by atoms with van der Waals surface area (Å²) in [4.78, 5) is 14.9. The van der Waals surface area contributed by atoms with Gasteiger partial charge in [0.05, 0.1) is 13.5 Å². The summed E-state index contributed by atoms with van der Waals surface area (Å²) in [6, 6.07) is 19.7. The lowest BCUT2D eigenvalue weighted by atomic mass is 10.0. The maximum atomic E-state index is 12.4. The lowest BCUT2D eigenvalue weighted by Crippen LogP contribution is -2.46. The summed E-state index contributed by atoms with van der Waals surface area (Å²) in [5.41, 5.74) is 4.82. The van der Waals surface area contributed by atoms with E-state index in [2.05, 4.69) is 63.5 Å². The average molecular weight is 492 g/mol. The number of ether oxygens (including phenoxy) is 1. The number of thiophene rings is 1. The van der Waals surface area contributed by atoms with Crippen LogP contribution in [0.15, 0.2) is 65.4 Å². The number of para-hydroxylation sites is 1. The minimum atomic E-state index is 0.0520. The van der Waals surface area contributed by atoms with Gasteiger partial charge in [-0.05, 0) is 84.3 Å². The summed E-state index contributed by atoms with van der Waals surface area (Å²) < 4.78 is 5.38. The zero-order valence-electron chi connectivity index (χ0n) is 20.8. The molecule has 3 aromatic rings. The first-order valence-corrected chi connectivity index (χ1v) is 13.5. The van der Waals surface area contributed by atoms with Gasteiger partial charge in [-0.1, -0.05) is 30.3 Å². The summed E-state index contributed by atoms with van der Waals surface area (Å²) in [6.45, 7) is 5.01. The van der Waals surface area contributed by atoms with Crippen molar-refractivity contribution in [2.24, 2.45) is 0 Å². The highest BCUT2D eigenvalue weighted by Gasteiger charge is 2.21. The predicted molar refractivity (Wildman–Crippen MR) is 146 cm³/mol. The van der Waals surface area contributed by atoms with Gasteiger partial charge in [0.15, 0.2) is 0 Å². The molecule has 5 nitrogen and oxygen atoms in total. The van der Waals surface area contributed by atoms with E-state index in [1.54, 1.807) is 18.4 Å². The van der Waals surface area contributed by atoms with Gasteiger partial charge in [-0.15, -0.1) is 0 Å². The number of benzene rings is 2. The normalized spacial score (nSPS) is 15.1. The molecule has 2 N–H and O–H groups in total. The molecule has 2 aromatic carbocycles. The van der Waals surface area contributed by atoms with Crippen LogP contribution in [0.25, 0.3) is 0 Å². The van der Waals surface area contributed by atoms with E-state index in [-0.39, 0.29) is 5.91 Å². The molecule has 0 saturated carbocycles. The second kappa shape index (κ2) is 12.8. The molecule has 2 heterocycles. The molecule has 1 amide bonds. The fraction of sp³-hybridized carbons (Fsp3) is 0.414. The van der Waals surface area contributed by atoms with Gasteiger partial charge in [0.1, 0.15) is 5.75 Å². The Morgan fingerprint density at radius 1 is 1.09 bits per heavy atom. The maximum absolute atomic E-state index is 12.4. The SMILES string of the molecule is COc1ccccc1CCNC(=O)Cc1ccc(N2CCC(N[C@H](C)Cc3ccsc3)CC2)cc1. The standard InChI is InChI=1S/C29H37N3O2S/c1-22(19-24-14-18-35-21-24)31-26-12-16-32(17-13-26)27-9-7-23(8-10-27)20-29(33)30-15-11-25-5-3-4-6-28(25)34-2/h3-10,14,18,21-22,26,31H,11-13,15-17,19-20H2,1-2H3,(H,30,33)/t22-/m1/s1. The second-order valence-electron chi connectivity index (χ2n) is 9.42. The third-order valence-corrected chi connectivity index (χ3v) is 7.44. The number of methoxy groups -OCH3 is 1. The number of carbonyl (C=O) groups excluding carboxylic acids is 1. The van der Waals surface area contributed by atoms with Crippen LogP contribution in [0, 0.1) is 0 Å². The Hall–Kier alpha value is -2.83. The summed E-state index contributed by atoms with van der Waals surface area (Å²) in [5.74, 6) is 0.918. The van der Waals surface area contributed by atoms with Crippen molar-refractivity contribution in [3.63, 3.8) is 0 Å². The summed E-state index contributed by atoms with van der Waals surface area (Å²) in [5, 5.41) is 11.3. The number of anilines is 1. The molecular formula is C29H37N3O2S. The van der Waals surface area contributed by atoms with Crippen molar-refractivity contribution in [2.75, 3.05) is 31.6 Å². The molecule has 0 spiro atoms. The van der Waals surface area contributed by atoms with Crippen LogP contribution in [0.4, 0.5) is 5.69 Å². The van der Waals surface area contributed by atoms with Crippen molar-refractivity contribution in [1.82, 2.24) is 10.6 Å². The third-order valence-electron chi connectivity index (χ3n) is 6.71. The number of hydrogen-bond acceptors (Lipinski definition) is 5. The number of piperidine rings is 1. The Bertz CT molecular complexity index is 1040. The maximum Gasteiger partial charge on any atom is 0.224 e. The van der Waals surface area contributed by atoms with Crippen LogP contribution in [0.5, 0.6) is 5.75 Å². The van der Waals surface area contributed by atoms with E-state index in [1.807, 2.05) is 24.3 Å². The summed E-state index contributed by atoms with van der Waals surface area (Å²) in [7, 11) is 1.67. The lowest BCUT2D eigenvalue weighted by molar-refractivity contribution is -0.120. The minimum absolute atomic E-state index is 0.0520. The van der Waals surface area contributed by atoms with E-state index in [0.29, 0.717) is 25.0 Å². The van der Waals surface area contributed by atoms with Crippen molar-refractivity contribution in [3.05, 3.63) is 82.0 Å². The highest BCUT2D eigenvalue weighted by Crippen LogP contribution is 2.22. The van der Waals surface area contributed by atoms with Gasteiger partial charge in [-0.3, -0.25) is 4.79 Å². The van der Waals surface area contributed by atoms with Gasteiger partial charge >= 0.3 is 0 Å². The van der Waals surface area contributed by atoms with Crippen LogP contribution in [0.3, 0.4) is 0 Å². The number of nitrogens with zero attached hydrogens (tertiary/aromatic N) is 1. The topological polar surface area (TPSA) is 53.6 Å². The molecule has 0 bridgehead atoms. The molecule has 1 aliphatic heterocycles. The molecule has 1 fully saturated rings. The number of hydrogen-bond donors (Lipinski definition) is 2. The third kappa shape index (κ3) is 7.58. The molecule has 0 unspecified atom stereocenters. The molecule has 35 heavy (non-hydrogen) atoms. The van der Waals surface area contributed by atoms with Crippen molar-refractivity contribution in [2.45, 2.75) is 51.1 Å².